The maximum atomic E-state index is 11.7. The molecule has 1 amide bonds. The zero-order chi connectivity index (χ0) is 13.6. The third-order valence-electron chi connectivity index (χ3n) is 3.49. The van der Waals surface area contributed by atoms with Crippen molar-refractivity contribution in [1.82, 2.24) is 10.6 Å². The van der Waals surface area contributed by atoms with E-state index in [2.05, 4.69) is 10.6 Å². The van der Waals surface area contributed by atoms with E-state index in [1.54, 1.807) is 0 Å². The van der Waals surface area contributed by atoms with E-state index in [0.29, 0.717) is 13.0 Å². The van der Waals surface area contributed by atoms with E-state index >= 15 is 0 Å². The van der Waals surface area contributed by atoms with Crippen LogP contribution in [0.4, 0.5) is 0 Å². The van der Waals surface area contributed by atoms with Gasteiger partial charge >= 0.3 is 5.97 Å². The van der Waals surface area contributed by atoms with Crippen LogP contribution in [0.5, 0.6) is 0 Å². The standard InChI is InChI=1S/C13H24N2O3/c1-13(2,6-5-11(16)17)7-9-15-12(18)10-4-3-8-14-10/h10,14H,3-9H2,1-2H3,(H,15,18)(H,16,17)/t10-/m1/s1. The van der Waals surface area contributed by atoms with Crippen molar-refractivity contribution in [1.29, 1.82) is 0 Å². The van der Waals surface area contributed by atoms with Crippen LogP contribution in [0, 0.1) is 5.41 Å². The van der Waals surface area contributed by atoms with Gasteiger partial charge in [-0.3, -0.25) is 9.59 Å². The predicted octanol–water partition coefficient (Wildman–Crippen LogP) is 1.14. The van der Waals surface area contributed by atoms with Crippen LogP contribution in [0.25, 0.3) is 0 Å². The third-order valence-corrected chi connectivity index (χ3v) is 3.49. The Morgan fingerprint density at radius 1 is 1.39 bits per heavy atom. The number of carbonyl (C=O) groups excluding carboxylic acids is 1. The van der Waals surface area contributed by atoms with Gasteiger partial charge in [-0.25, -0.2) is 0 Å². The van der Waals surface area contributed by atoms with Gasteiger partial charge < -0.3 is 15.7 Å². The molecule has 1 atom stereocenters. The van der Waals surface area contributed by atoms with Crippen molar-refractivity contribution in [3.63, 3.8) is 0 Å². The van der Waals surface area contributed by atoms with Gasteiger partial charge in [0.15, 0.2) is 0 Å². The molecule has 5 heteroatoms. The molecule has 1 heterocycles. The quantitative estimate of drug-likeness (QED) is 0.638. The number of amides is 1. The lowest BCUT2D eigenvalue weighted by molar-refractivity contribution is -0.137. The predicted molar refractivity (Wildman–Crippen MR) is 69.3 cm³/mol. The molecular formula is C13H24N2O3. The van der Waals surface area contributed by atoms with Gasteiger partial charge in [0.2, 0.25) is 5.91 Å². The number of carboxylic acid groups (broad SMARTS) is 1. The Morgan fingerprint density at radius 3 is 2.67 bits per heavy atom. The normalized spacial score (nSPS) is 19.8. The van der Waals surface area contributed by atoms with Crippen molar-refractivity contribution in [3.8, 4) is 0 Å². The highest BCUT2D eigenvalue weighted by atomic mass is 16.4. The molecule has 0 bridgehead atoms. The summed E-state index contributed by atoms with van der Waals surface area (Å²) in [6, 6.07) is -0.0351. The topological polar surface area (TPSA) is 78.4 Å². The van der Waals surface area contributed by atoms with E-state index in [1.807, 2.05) is 13.8 Å². The van der Waals surface area contributed by atoms with Gasteiger partial charge in [0.1, 0.15) is 0 Å². The van der Waals surface area contributed by atoms with Crippen molar-refractivity contribution < 1.29 is 14.7 Å². The fourth-order valence-corrected chi connectivity index (χ4v) is 2.13. The highest BCUT2D eigenvalue weighted by Crippen LogP contribution is 2.26. The lowest BCUT2D eigenvalue weighted by Crippen LogP contribution is -2.41. The molecule has 1 fully saturated rings. The number of carboxylic acids is 1. The molecule has 0 aromatic heterocycles. The van der Waals surface area contributed by atoms with Crippen LogP contribution in [-0.2, 0) is 9.59 Å². The monoisotopic (exact) mass is 256 g/mol. The van der Waals surface area contributed by atoms with Crippen LogP contribution in [0.15, 0.2) is 0 Å². The van der Waals surface area contributed by atoms with Gasteiger partial charge in [0, 0.05) is 13.0 Å². The number of hydrogen-bond donors (Lipinski definition) is 3. The van der Waals surface area contributed by atoms with Crippen LogP contribution in [0.2, 0.25) is 0 Å². The van der Waals surface area contributed by atoms with Crippen molar-refractivity contribution >= 4 is 11.9 Å². The number of nitrogens with one attached hydrogen (secondary N) is 2. The summed E-state index contributed by atoms with van der Waals surface area (Å²) in [6.07, 6.45) is 3.60. The van der Waals surface area contributed by atoms with Crippen molar-refractivity contribution in [2.45, 2.75) is 52.0 Å². The minimum Gasteiger partial charge on any atom is -0.481 e. The molecule has 0 aromatic carbocycles. The number of rotatable bonds is 7. The lowest BCUT2D eigenvalue weighted by atomic mass is 9.84. The Kier molecular flexibility index (Phi) is 5.59. The zero-order valence-corrected chi connectivity index (χ0v) is 11.3. The molecule has 0 unspecified atom stereocenters. The van der Waals surface area contributed by atoms with Gasteiger partial charge in [-0.15, -0.1) is 0 Å². The van der Waals surface area contributed by atoms with Crippen molar-refractivity contribution in [2.24, 2.45) is 5.41 Å². The summed E-state index contributed by atoms with van der Waals surface area (Å²) >= 11 is 0. The van der Waals surface area contributed by atoms with Crippen molar-refractivity contribution in [2.75, 3.05) is 13.1 Å². The van der Waals surface area contributed by atoms with Crippen molar-refractivity contribution in [3.05, 3.63) is 0 Å². The first-order chi connectivity index (χ1) is 8.41. The Bertz CT molecular complexity index is 297. The molecule has 1 aliphatic heterocycles. The molecule has 0 radical (unpaired) electrons. The van der Waals surface area contributed by atoms with E-state index < -0.39 is 5.97 Å². The fourth-order valence-electron chi connectivity index (χ4n) is 2.13. The highest BCUT2D eigenvalue weighted by molar-refractivity contribution is 5.81. The number of hydrogen-bond acceptors (Lipinski definition) is 3. The highest BCUT2D eigenvalue weighted by Gasteiger charge is 2.23. The Morgan fingerprint density at radius 2 is 2.11 bits per heavy atom. The van der Waals surface area contributed by atoms with Gasteiger partial charge in [-0.2, -0.15) is 0 Å². The molecule has 1 rings (SSSR count). The first kappa shape index (κ1) is 15.0. The molecule has 1 aliphatic rings. The van der Waals surface area contributed by atoms with Gasteiger partial charge in [-0.05, 0) is 37.6 Å². The second-order valence-corrected chi connectivity index (χ2v) is 5.75. The largest absolute Gasteiger partial charge is 0.481 e. The van der Waals surface area contributed by atoms with Gasteiger partial charge in [0.05, 0.1) is 6.04 Å². The summed E-state index contributed by atoms with van der Waals surface area (Å²) in [7, 11) is 0. The molecule has 0 saturated carbocycles. The Labute approximate surface area is 108 Å². The molecule has 3 N–H and O–H groups in total. The maximum Gasteiger partial charge on any atom is 0.303 e. The molecule has 0 aliphatic carbocycles. The lowest BCUT2D eigenvalue weighted by Gasteiger charge is -2.24. The first-order valence-electron chi connectivity index (χ1n) is 6.64. The molecule has 5 nitrogen and oxygen atoms in total. The van der Waals surface area contributed by atoms with E-state index in [1.165, 1.54) is 0 Å². The first-order valence-corrected chi connectivity index (χ1v) is 6.64. The van der Waals surface area contributed by atoms with Gasteiger partial charge in [0.25, 0.3) is 0 Å². The van der Waals surface area contributed by atoms with Crippen LogP contribution >= 0.6 is 0 Å². The molecule has 18 heavy (non-hydrogen) atoms. The summed E-state index contributed by atoms with van der Waals surface area (Å²) in [5.41, 5.74) is -0.0469. The number of carbonyl (C=O) groups is 2. The summed E-state index contributed by atoms with van der Waals surface area (Å²) < 4.78 is 0. The average molecular weight is 256 g/mol. The molecular weight excluding hydrogens is 232 g/mol. The Hall–Kier alpha value is -1.10. The summed E-state index contributed by atoms with van der Waals surface area (Å²) in [5.74, 6) is -0.691. The van der Waals surface area contributed by atoms with E-state index in [-0.39, 0.29) is 23.8 Å². The van der Waals surface area contributed by atoms with E-state index in [0.717, 1.165) is 25.8 Å². The van der Waals surface area contributed by atoms with Crippen LogP contribution in [-0.4, -0.2) is 36.1 Å². The minimum atomic E-state index is -0.762. The second kappa shape index (κ2) is 6.73. The maximum absolute atomic E-state index is 11.7. The SMILES string of the molecule is CC(C)(CCNC(=O)[C@H]1CCCN1)CCC(=O)O. The van der Waals surface area contributed by atoms with Crippen LogP contribution in [0.3, 0.4) is 0 Å². The van der Waals surface area contributed by atoms with Crippen LogP contribution < -0.4 is 10.6 Å². The summed E-state index contributed by atoms with van der Waals surface area (Å²) in [6.45, 7) is 5.61. The molecule has 1 saturated heterocycles. The average Bonchev–Trinajstić information content (AvgIpc) is 2.79. The smallest absolute Gasteiger partial charge is 0.303 e. The molecule has 0 aromatic rings. The second-order valence-electron chi connectivity index (χ2n) is 5.75. The fraction of sp³-hybridized carbons (Fsp3) is 0.846. The van der Waals surface area contributed by atoms with Crippen LogP contribution in [0.1, 0.15) is 46.0 Å². The molecule has 0 spiro atoms. The summed E-state index contributed by atoms with van der Waals surface area (Å²) in [4.78, 5) is 22.3. The Balaban J connectivity index is 2.19. The number of aliphatic carboxylic acids is 1. The zero-order valence-electron chi connectivity index (χ0n) is 11.3. The molecule has 104 valence electrons. The summed E-state index contributed by atoms with van der Waals surface area (Å²) in [5, 5.41) is 14.7. The third kappa shape index (κ3) is 5.49. The van der Waals surface area contributed by atoms with Gasteiger partial charge in [-0.1, -0.05) is 13.8 Å². The van der Waals surface area contributed by atoms with E-state index in [9.17, 15) is 9.59 Å². The minimum absolute atomic E-state index is 0.0351. The van der Waals surface area contributed by atoms with E-state index in [4.69, 9.17) is 5.11 Å².